The predicted molar refractivity (Wildman–Crippen MR) is 84.3 cm³/mol. The molecule has 4 bridgehead atoms. The molecule has 3 N–H and O–H groups in total. The third-order valence-corrected chi connectivity index (χ3v) is 7.14. The Morgan fingerprint density at radius 1 is 1.30 bits per heavy atom. The summed E-state index contributed by atoms with van der Waals surface area (Å²) in [6.07, 6.45) is 8.57. The van der Waals surface area contributed by atoms with Gasteiger partial charge in [0, 0.05) is 4.88 Å². The minimum Gasteiger partial charge on any atom is -0.271 e. The van der Waals surface area contributed by atoms with Crippen molar-refractivity contribution in [2.24, 2.45) is 28.5 Å². The molecule has 4 aliphatic rings. The van der Waals surface area contributed by atoms with Crippen molar-refractivity contribution in [3.05, 3.63) is 21.9 Å². The smallest absolute Gasteiger partial charge is 0.0524 e. The third-order valence-electron chi connectivity index (χ3n) is 6.26. The molecule has 0 saturated heterocycles. The molecule has 2 nitrogen and oxygen atoms in total. The number of rotatable bonds is 3. The van der Waals surface area contributed by atoms with Gasteiger partial charge in [-0.1, -0.05) is 6.92 Å². The van der Waals surface area contributed by atoms with Gasteiger partial charge in [0.05, 0.1) is 6.04 Å². The minimum absolute atomic E-state index is 0.359. The number of hydrogen-bond acceptors (Lipinski definition) is 3. The van der Waals surface area contributed by atoms with Gasteiger partial charge in [-0.2, -0.15) is 0 Å². The molecule has 0 radical (unpaired) electrons. The van der Waals surface area contributed by atoms with Gasteiger partial charge in [-0.3, -0.25) is 11.3 Å². The van der Waals surface area contributed by atoms with Gasteiger partial charge < -0.3 is 0 Å². The maximum absolute atomic E-state index is 6.03. The van der Waals surface area contributed by atoms with E-state index in [2.05, 4.69) is 30.7 Å². The highest BCUT2D eigenvalue weighted by Crippen LogP contribution is 2.68. The summed E-state index contributed by atoms with van der Waals surface area (Å²) in [5.41, 5.74) is 5.65. The Morgan fingerprint density at radius 2 is 2.00 bits per heavy atom. The van der Waals surface area contributed by atoms with Crippen molar-refractivity contribution in [2.75, 3.05) is 0 Å². The van der Waals surface area contributed by atoms with E-state index in [9.17, 15) is 0 Å². The van der Waals surface area contributed by atoms with Gasteiger partial charge in [0.2, 0.25) is 0 Å². The number of nitrogens with one attached hydrogen (secondary N) is 1. The van der Waals surface area contributed by atoms with Gasteiger partial charge in [0.15, 0.2) is 0 Å². The van der Waals surface area contributed by atoms with Crippen molar-refractivity contribution < 1.29 is 0 Å². The molecule has 0 spiro atoms. The van der Waals surface area contributed by atoms with Crippen LogP contribution in [0.25, 0.3) is 0 Å². The number of nitrogens with two attached hydrogens (primary N) is 1. The fourth-order valence-electron chi connectivity index (χ4n) is 6.38. The fourth-order valence-corrected chi connectivity index (χ4v) is 7.11. The minimum atomic E-state index is 0.359. The van der Waals surface area contributed by atoms with Crippen LogP contribution in [0.1, 0.15) is 61.9 Å². The van der Waals surface area contributed by atoms with Crippen LogP contribution in [0.4, 0.5) is 0 Å². The molecule has 0 amide bonds. The van der Waals surface area contributed by atoms with E-state index in [0.717, 1.165) is 11.8 Å². The van der Waals surface area contributed by atoms with Gasteiger partial charge in [-0.25, -0.2) is 0 Å². The molecule has 1 aromatic heterocycles. The monoisotopic (exact) mass is 290 g/mol. The van der Waals surface area contributed by atoms with Gasteiger partial charge in [-0.15, -0.1) is 11.3 Å². The second-order valence-electron chi connectivity index (χ2n) is 8.22. The van der Waals surface area contributed by atoms with Crippen molar-refractivity contribution in [1.82, 2.24) is 5.43 Å². The molecule has 110 valence electrons. The molecule has 4 saturated carbocycles. The summed E-state index contributed by atoms with van der Waals surface area (Å²) in [6, 6.07) is 2.70. The largest absolute Gasteiger partial charge is 0.271 e. The van der Waals surface area contributed by atoms with Gasteiger partial charge in [-0.05, 0) is 85.1 Å². The van der Waals surface area contributed by atoms with E-state index in [1.807, 2.05) is 11.3 Å². The number of hydrazine groups is 1. The molecule has 3 atom stereocenters. The van der Waals surface area contributed by atoms with Crippen molar-refractivity contribution >= 4 is 11.3 Å². The summed E-state index contributed by atoms with van der Waals surface area (Å²) in [5, 5.41) is 2.32. The molecule has 3 unspecified atom stereocenters. The summed E-state index contributed by atoms with van der Waals surface area (Å²) >= 11 is 1.86. The summed E-state index contributed by atoms with van der Waals surface area (Å²) in [7, 11) is 0. The maximum Gasteiger partial charge on any atom is 0.0524 e. The Balaban J connectivity index is 1.72. The first-order valence-corrected chi connectivity index (χ1v) is 8.91. The molecule has 3 heteroatoms. The lowest BCUT2D eigenvalue weighted by Crippen LogP contribution is -2.56. The van der Waals surface area contributed by atoms with E-state index >= 15 is 0 Å². The Labute approximate surface area is 126 Å². The average Bonchev–Trinajstić information content (AvgIpc) is 2.72. The Hall–Kier alpha value is -0.380. The van der Waals surface area contributed by atoms with Crippen LogP contribution in [-0.4, -0.2) is 0 Å². The Kier molecular flexibility index (Phi) is 2.87. The summed E-state index contributed by atoms with van der Waals surface area (Å²) in [6.45, 7) is 4.73. The first-order valence-electron chi connectivity index (χ1n) is 8.03. The lowest BCUT2D eigenvalue weighted by atomic mass is 9.43. The fraction of sp³-hybridized carbons (Fsp3) is 0.765. The van der Waals surface area contributed by atoms with Gasteiger partial charge in [0.1, 0.15) is 0 Å². The molecular formula is C17H26N2S. The number of thiophene rings is 1. The molecule has 1 heterocycles. The van der Waals surface area contributed by atoms with Crippen LogP contribution in [0, 0.1) is 29.6 Å². The number of hydrogen-bond donors (Lipinski definition) is 2. The molecule has 20 heavy (non-hydrogen) atoms. The van der Waals surface area contributed by atoms with Crippen LogP contribution >= 0.6 is 11.3 Å². The zero-order valence-electron chi connectivity index (χ0n) is 12.6. The lowest BCUT2D eigenvalue weighted by Gasteiger charge is -2.63. The normalized spacial score (nSPS) is 44.0. The van der Waals surface area contributed by atoms with Crippen LogP contribution in [0.15, 0.2) is 11.4 Å². The standard InChI is InChI=1S/C17H26N2S/c1-11-3-14(9-20-11)15(19-18)17-7-12-4-13(8-17)6-16(2,5-12)10-17/h3,9,12-13,15,19H,4-8,10,18H2,1-2H3. The van der Waals surface area contributed by atoms with Crippen molar-refractivity contribution in [3.63, 3.8) is 0 Å². The predicted octanol–water partition coefficient (Wildman–Crippen LogP) is 4.17. The number of aryl methyl sites for hydroxylation is 1. The zero-order chi connectivity index (χ0) is 14.0. The molecule has 0 aromatic carbocycles. The first kappa shape index (κ1) is 13.3. The Morgan fingerprint density at radius 3 is 2.50 bits per heavy atom. The third kappa shape index (κ3) is 1.90. The van der Waals surface area contributed by atoms with Crippen LogP contribution in [0.5, 0.6) is 0 Å². The maximum atomic E-state index is 6.03. The SMILES string of the molecule is Cc1cc(C(NN)C23CC4CC(CC(C)(C4)C2)C3)cs1. The lowest BCUT2D eigenvalue weighted by molar-refractivity contribution is -0.119. The van der Waals surface area contributed by atoms with E-state index < -0.39 is 0 Å². The highest BCUT2D eigenvalue weighted by molar-refractivity contribution is 7.10. The van der Waals surface area contributed by atoms with Crippen LogP contribution < -0.4 is 11.3 Å². The highest BCUT2D eigenvalue weighted by atomic mass is 32.1. The van der Waals surface area contributed by atoms with Gasteiger partial charge >= 0.3 is 0 Å². The van der Waals surface area contributed by atoms with E-state index in [1.165, 1.54) is 49.0 Å². The average molecular weight is 290 g/mol. The van der Waals surface area contributed by atoms with Crippen molar-refractivity contribution in [3.8, 4) is 0 Å². The molecular weight excluding hydrogens is 264 g/mol. The molecule has 1 aromatic rings. The topological polar surface area (TPSA) is 38.0 Å². The first-order chi connectivity index (χ1) is 9.52. The summed E-state index contributed by atoms with van der Waals surface area (Å²) < 4.78 is 0. The second kappa shape index (κ2) is 4.31. The van der Waals surface area contributed by atoms with Gasteiger partial charge in [0.25, 0.3) is 0 Å². The van der Waals surface area contributed by atoms with Crippen molar-refractivity contribution in [2.45, 2.75) is 58.4 Å². The molecule has 5 rings (SSSR count). The van der Waals surface area contributed by atoms with E-state index in [1.54, 1.807) is 0 Å². The van der Waals surface area contributed by atoms with Crippen LogP contribution in [0.3, 0.4) is 0 Å². The zero-order valence-corrected chi connectivity index (χ0v) is 13.4. The summed E-state index contributed by atoms with van der Waals surface area (Å²) in [4.78, 5) is 1.40. The summed E-state index contributed by atoms with van der Waals surface area (Å²) in [5.74, 6) is 7.94. The molecule has 0 aliphatic heterocycles. The molecule has 4 aliphatic carbocycles. The second-order valence-corrected chi connectivity index (χ2v) is 9.34. The highest BCUT2D eigenvalue weighted by Gasteiger charge is 2.58. The van der Waals surface area contributed by atoms with E-state index in [4.69, 9.17) is 5.84 Å². The molecule has 4 fully saturated rings. The van der Waals surface area contributed by atoms with Crippen LogP contribution in [-0.2, 0) is 0 Å². The Bertz CT molecular complexity index is 507. The van der Waals surface area contributed by atoms with E-state index in [-0.39, 0.29) is 0 Å². The van der Waals surface area contributed by atoms with Crippen molar-refractivity contribution in [1.29, 1.82) is 0 Å². The van der Waals surface area contributed by atoms with E-state index in [0.29, 0.717) is 16.9 Å². The quantitative estimate of drug-likeness (QED) is 0.648. The van der Waals surface area contributed by atoms with Crippen LogP contribution in [0.2, 0.25) is 0 Å².